The van der Waals surface area contributed by atoms with Gasteiger partial charge in [-0.1, -0.05) is 12.1 Å². The maximum absolute atomic E-state index is 12.4. The summed E-state index contributed by atoms with van der Waals surface area (Å²) in [6.45, 7) is 4.24. The van der Waals surface area contributed by atoms with E-state index in [4.69, 9.17) is 10.2 Å². The van der Waals surface area contributed by atoms with Crippen molar-refractivity contribution in [2.45, 2.75) is 51.1 Å². The van der Waals surface area contributed by atoms with Crippen molar-refractivity contribution in [3.8, 4) is 11.1 Å². The smallest absolute Gasteiger partial charge is 0.251 e. The highest BCUT2D eigenvalue weighted by molar-refractivity contribution is 6.01. The summed E-state index contributed by atoms with van der Waals surface area (Å²) in [5.74, 6) is -0.493. The van der Waals surface area contributed by atoms with Crippen LogP contribution < -0.4 is 10.6 Å². The number of rotatable bonds is 3. The predicted molar refractivity (Wildman–Crippen MR) is 115 cm³/mol. The van der Waals surface area contributed by atoms with Gasteiger partial charge in [0.25, 0.3) is 5.91 Å². The summed E-state index contributed by atoms with van der Waals surface area (Å²) in [4.78, 5) is 24.0. The van der Waals surface area contributed by atoms with Gasteiger partial charge < -0.3 is 5.32 Å². The van der Waals surface area contributed by atoms with Gasteiger partial charge in [-0.3, -0.25) is 24.3 Å². The zero-order chi connectivity index (χ0) is 21.2. The standard InChI is InChI=1S/C23H26N6O2/c1-14-21-17(15-11-25-28(12-15)16-9-23(10-16)7-8-24-13-23)3-2-4-18(21)29(27-14)19-5-6-20(30)26-22(19)31/h2-4,11-12,16,19,24H,5-10,13H2,1H3,(H,26,30,31). The van der Waals surface area contributed by atoms with Crippen molar-refractivity contribution in [3.05, 3.63) is 36.3 Å². The molecule has 1 atom stereocenters. The number of nitrogens with zero attached hydrogens (tertiary/aromatic N) is 4. The van der Waals surface area contributed by atoms with E-state index in [1.54, 1.807) is 4.68 Å². The van der Waals surface area contributed by atoms with Gasteiger partial charge >= 0.3 is 0 Å². The molecule has 0 bridgehead atoms. The maximum atomic E-state index is 12.4. The number of aromatic nitrogens is 4. The third-order valence-electron chi connectivity index (χ3n) is 7.37. The Morgan fingerprint density at radius 1 is 1.23 bits per heavy atom. The van der Waals surface area contributed by atoms with Crippen LogP contribution in [0, 0.1) is 12.3 Å². The van der Waals surface area contributed by atoms with E-state index in [1.807, 2.05) is 25.3 Å². The Morgan fingerprint density at radius 2 is 2.10 bits per heavy atom. The molecule has 2 aromatic heterocycles. The molecule has 3 aliphatic rings. The number of hydrogen-bond donors (Lipinski definition) is 2. The lowest BCUT2D eigenvalue weighted by molar-refractivity contribution is -0.135. The molecule has 8 nitrogen and oxygen atoms in total. The minimum Gasteiger partial charge on any atom is -0.316 e. The van der Waals surface area contributed by atoms with E-state index < -0.39 is 6.04 Å². The van der Waals surface area contributed by atoms with Crippen LogP contribution >= 0.6 is 0 Å². The van der Waals surface area contributed by atoms with Gasteiger partial charge in [-0.25, -0.2) is 0 Å². The van der Waals surface area contributed by atoms with Gasteiger partial charge in [-0.15, -0.1) is 0 Å². The highest BCUT2D eigenvalue weighted by atomic mass is 16.2. The van der Waals surface area contributed by atoms with Crippen molar-refractivity contribution in [1.82, 2.24) is 30.2 Å². The summed E-state index contributed by atoms with van der Waals surface area (Å²) in [5, 5.41) is 16.4. The van der Waals surface area contributed by atoms with Crippen LogP contribution in [0.1, 0.15) is 49.9 Å². The first kappa shape index (κ1) is 18.7. The average molecular weight is 419 g/mol. The van der Waals surface area contributed by atoms with E-state index in [9.17, 15) is 9.59 Å². The quantitative estimate of drug-likeness (QED) is 0.638. The summed E-state index contributed by atoms with van der Waals surface area (Å²) in [5.41, 5.74) is 4.43. The number of hydrogen-bond acceptors (Lipinski definition) is 5. The van der Waals surface area contributed by atoms with E-state index in [0.717, 1.165) is 40.8 Å². The van der Waals surface area contributed by atoms with Crippen LogP contribution in [0.4, 0.5) is 0 Å². The molecule has 2 aliphatic heterocycles. The second-order valence-corrected chi connectivity index (χ2v) is 9.39. The number of benzene rings is 1. The summed E-state index contributed by atoms with van der Waals surface area (Å²) in [6.07, 6.45) is 8.56. The van der Waals surface area contributed by atoms with Crippen molar-refractivity contribution in [2.75, 3.05) is 13.1 Å². The Balaban J connectivity index is 1.33. The Hall–Kier alpha value is -3.00. The van der Waals surface area contributed by atoms with E-state index in [-0.39, 0.29) is 11.8 Å². The maximum Gasteiger partial charge on any atom is 0.251 e. The summed E-state index contributed by atoms with van der Waals surface area (Å²) in [7, 11) is 0. The lowest BCUT2D eigenvalue weighted by Gasteiger charge is -2.44. The molecule has 1 spiro atoms. The number of carbonyl (C=O) groups excluding carboxylic acids is 2. The Morgan fingerprint density at radius 3 is 2.87 bits per heavy atom. The first-order valence-electron chi connectivity index (χ1n) is 11.1. The van der Waals surface area contributed by atoms with Gasteiger partial charge in [0, 0.05) is 30.1 Å². The first-order chi connectivity index (χ1) is 15.0. The van der Waals surface area contributed by atoms with Crippen molar-refractivity contribution in [2.24, 2.45) is 5.41 Å². The van der Waals surface area contributed by atoms with Crippen LogP contribution in [0.3, 0.4) is 0 Å². The molecule has 3 fully saturated rings. The molecule has 1 saturated carbocycles. The van der Waals surface area contributed by atoms with Gasteiger partial charge in [0.2, 0.25) is 5.91 Å². The Bertz CT molecular complexity index is 1190. The number of piperidine rings is 1. The van der Waals surface area contributed by atoms with Gasteiger partial charge in [-0.2, -0.15) is 10.2 Å². The third kappa shape index (κ3) is 2.92. The molecule has 4 heterocycles. The molecule has 1 unspecified atom stereocenters. The number of fused-ring (bicyclic) bond motifs is 1. The van der Waals surface area contributed by atoms with Crippen molar-refractivity contribution >= 4 is 22.7 Å². The third-order valence-corrected chi connectivity index (χ3v) is 7.37. The highest BCUT2D eigenvalue weighted by Crippen LogP contribution is 2.52. The zero-order valence-electron chi connectivity index (χ0n) is 17.6. The van der Waals surface area contributed by atoms with Crippen molar-refractivity contribution in [1.29, 1.82) is 0 Å². The lowest BCUT2D eigenvalue weighted by atomic mass is 9.65. The molecule has 2 amide bonds. The molecular weight excluding hydrogens is 392 g/mol. The lowest BCUT2D eigenvalue weighted by Crippen LogP contribution is -2.42. The van der Waals surface area contributed by atoms with E-state index >= 15 is 0 Å². The fourth-order valence-corrected chi connectivity index (χ4v) is 5.72. The second kappa shape index (κ2) is 6.75. The first-order valence-corrected chi connectivity index (χ1v) is 11.1. The molecule has 1 aliphatic carbocycles. The number of aryl methyl sites for hydroxylation is 1. The molecule has 3 aromatic rings. The molecule has 8 heteroatoms. The van der Waals surface area contributed by atoms with Crippen molar-refractivity contribution in [3.63, 3.8) is 0 Å². The summed E-state index contributed by atoms with van der Waals surface area (Å²) < 4.78 is 3.90. The molecule has 0 radical (unpaired) electrons. The molecule has 6 rings (SSSR count). The van der Waals surface area contributed by atoms with E-state index in [2.05, 4.69) is 27.6 Å². The van der Waals surface area contributed by atoms with Crippen LogP contribution in [0.25, 0.3) is 22.0 Å². The van der Waals surface area contributed by atoms with Crippen LogP contribution in [0.2, 0.25) is 0 Å². The van der Waals surface area contributed by atoms with E-state index in [1.165, 1.54) is 19.3 Å². The van der Waals surface area contributed by atoms with Gasteiger partial charge in [0.15, 0.2) is 0 Å². The molecule has 31 heavy (non-hydrogen) atoms. The SMILES string of the molecule is Cc1nn(C2CCC(=O)NC2=O)c2cccc(-c3cnn(C4CC5(CCNC5)C4)c3)c12. The number of amides is 2. The summed E-state index contributed by atoms with van der Waals surface area (Å²) in [6, 6.07) is 6.10. The zero-order valence-corrected chi connectivity index (χ0v) is 17.6. The normalized spacial score (nSPS) is 28.3. The predicted octanol–water partition coefficient (Wildman–Crippen LogP) is 2.50. The monoisotopic (exact) mass is 418 g/mol. The fraction of sp³-hybridized carbons (Fsp3) is 0.478. The van der Waals surface area contributed by atoms with Crippen LogP contribution in [0.15, 0.2) is 30.6 Å². The van der Waals surface area contributed by atoms with Crippen molar-refractivity contribution < 1.29 is 9.59 Å². The minimum absolute atomic E-state index is 0.214. The number of imide groups is 1. The Labute approximate surface area is 180 Å². The number of nitrogens with one attached hydrogen (secondary N) is 2. The fourth-order valence-electron chi connectivity index (χ4n) is 5.72. The molecule has 160 valence electrons. The van der Waals surface area contributed by atoms with Crippen LogP contribution in [-0.2, 0) is 9.59 Å². The molecule has 2 saturated heterocycles. The van der Waals surface area contributed by atoms with Gasteiger partial charge in [0.1, 0.15) is 6.04 Å². The topological polar surface area (TPSA) is 93.8 Å². The largest absolute Gasteiger partial charge is 0.316 e. The Kier molecular flexibility index (Phi) is 4.08. The highest BCUT2D eigenvalue weighted by Gasteiger charge is 2.46. The molecule has 1 aromatic carbocycles. The van der Waals surface area contributed by atoms with E-state index in [0.29, 0.717) is 24.3 Å². The van der Waals surface area contributed by atoms with Crippen LogP contribution in [-0.4, -0.2) is 44.5 Å². The average Bonchev–Trinajstić information content (AvgIpc) is 3.46. The second-order valence-electron chi connectivity index (χ2n) is 9.39. The van der Waals surface area contributed by atoms with Crippen LogP contribution in [0.5, 0.6) is 0 Å². The number of carbonyl (C=O) groups is 2. The summed E-state index contributed by atoms with van der Waals surface area (Å²) >= 11 is 0. The molecular formula is C23H26N6O2. The van der Waals surface area contributed by atoms with Gasteiger partial charge in [-0.05, 0) is 56.2 Å². The molecule has 2 N–H and O–H groups in total. The minimum atomic E-state index is -0.460. The van der Waals surface area contributed by atoms with Gasteiger partial charge in [0.05, 0.1) is 23.4 Å².